The van der Waals surface area contributed by atoms with E-state index in [4.69, 9.17) is 22.1 Å². The highest BCUT2D eigenvalue weighted by Crippen LogP contribution is 2.35. The third-order valence-electron chi connectivity index (χ3n) is 4.01. The predicted octanol–water partition coefficient (Wildman–Crippen LogP) is 4.17. The zero-order valence-electron chi connectivity index (χ0n) is 13.0. The Hall–Kier alpha value is -2.12. The molecular weight excluding hydrogens is 335 g/mol. The second-order valence-electron chi connectivity index (χ2n) is 5.73. The van der Waals surface area contributed by atoms with Crippen LogP contribution in [0.5, 0.6) is 11.5 Å². The van der Waals surface area contributed by atoms with Gasteiger partial charge < -0.3 is 10.5 Å². The summed E-state index contributed by atoms with van der Waals surface area (Å²) < 4.78 is 19.5. The maximum Gasteiger partial charge on any atom is 0.222 e. The van der Waals surface area contributed by atoms with Crippen LogP contribution in [0.25, 0.3) is 0 Å². The van der Waals surface area contributed by atoms with Gasteiger partial charge in [-0.05, 0) is 31.0 Å². The fourth-order valence-electron chi connectivity index (χ4n) is 2.79. The third-order valence-corrected chi connectivity index (χ3v) is 4.24. The minimum Gasteiger partial charge on any atom is -0.449 e. The van der Waals surface area contributed by atoms with E-state index in [0.29, 0.717) is 0 Å². The van der Waals surface area contributed by atoms with Crippen molar-refractivity contribution < 1.29 is 14.3 Å². The summed E-state index contributed by atoms with van der Waals surface area (Å²) in [4.78, 5) is 7.93. The first-order chi connectivity index (χ1) is 11.5. The van der Waals surface area contributed by atoms with E-state index < -0.39 is 5.82 Å². The van der Waals surface area contributed by atoms with E-state index in [1.165, 1.54) is 18.3 Å². The zero-order valence-corrected chi connectivity index (χ0v) is 13.7. The summed E-state index contributed by atoms with van der Waals surface area (Å²) in [5.74, 6) is -0.399. The minimum absolute atomic E-state index is 0.00351. The zero-order chi connectivity index (χ0) is 17.1. The maximum atomic E-state index is 14.0. The third kappa shape index (κ3) is 3.68. The second-order valence-corrected chi connectivity index (χ2v) is 6.17. The molecule has 1 aromatic carbocycles. The lowest BCUT2D eigenvalue weighted by Crippen LogP contribution is -2.35. The number of ether oxygens (including phenoxy) is 1. The number of halogens is 2. The SMILES string of the molecule is Nc1ncc(Oc2ccc(Cl)cc2F)c(N(O)C2CCCCC2)n1. The summed E-state index contributed by atoms with van der Waals surface area (Å²) in [6.45, 7) is 0. The van der Waals surface area contributed by atoms with Crippen LogP contribution in [0, 0.1) is 5.82 Å². The first-order valence-electron chi connectivity index (χ1n) is 7.78. The molecule has 0 spiro atoms. The number of hydrogen-bond donors (Lipinski definition) is 2. The number of anilines is 2. The maximum absolute atomic E-state index is 14.0. The van der Waals surface area contributed by atoms with Gasteiger partial charge in [0.05, 0.1) is 12.2 Å². The number of rotatable bonds is 4. The van der Waals surface area contributed by atoms with Gasteiger partial charge in [-0.2, -0.15) is 4.98 Å². The summed E-state index contributed by atoms with van der Waals surface area (Å²) in [6.07, 6.45) is 6.21. The molecule has 6 nitrogen and oxygen atoms in total. The number of benzene rings is 1. The number of nitrogens with zero attached hydrogens (tertiary/aromatic N) is 3. The predicted molar refractivity (Wildman–Crippen MR) is 89.1 cm³/mol. The van der Waals surface area contributed by atoms with Crippen molar-refractivity contribution in [1.29, 1.82) is 0 Å². The molecule has 2 aromatic rings. The average Bonchev–Trinajstić information content (AvgIpc) is 2.59. The summed E-state index contributed by atoms with van der Waals surface area (Å²) in [5, 5.41) is 11.9. The lowest BCUT2D eigenvalue weighted by Gasteiger charge is -2.30. The molecule has 3 N–H and O–H groups in total. The van der Waals surface area contributed by atoms with E-state index in [1.807, 2.05) is 0 Å². The van der Waals surface area contributed by atoms with Crippen LogP contribution in [0.3, 0.4) is 0 Å². The molecule has 0 bridgehead atoms. The summed E-state index contributed by atoms with van der Waals surface area (Å²) in [5.41, 5.74) is 5.63. The van der Waals surface area contributed by atoms with Gasteiger partial charge in [-0.3, -0.25) is 5.21 Å². The van der Waals surface area contributed by atoms with Crippen molar-refractivity contribution in [2.75, 3.05) is 10.8 Å². The molecule has 1 aliphatic carbocycles. The summed E-state index contributed by atoms with van der Waals surface area (Å²) in [7, 11) is 0. The second kappa shape index (κ2) is 7.19. The molecule has 1 heterocycles. The Labute approximate surface area is 144 Å². The molecule has 3 rings (SSSR count). The highest BCUT2D eigenvalue weighted by molar-refractivity contribution is 6.30. The van der Waals surface area contributed by atoms with Gasteiger partial charge in [0.25, 0.3) is 0 Å². The van der Waals surface area contributed by atoms with E-state index in [0.717, 1.165) is 43.2 Å². The Kier molecular flexibility index (Phi) is 5.01. The van der Waals surface area contributed by atoms with Crippen LogP contribution >= 0.6 is 11.6 Å². The standard InChI is InChI=1S/C16H18ClFN4O2/c17-10-6-7-13(12(18)8-10)24-14-9-20-16(19)21-15(14)22(23)11-4-2-1-3-5-11/h6-9,11,23H,1-5H2,(H2,19,20,21). The molecule has 1 fully saturated rings. The molecule has 0 atom stereocenters. The molecule has 0 amide bonds. The Balaban J connectivity index is 1.90. The quantitative estimate of drug-likeness (QED) is 0.803. The number of nitrogens with two attached hydrogens (primary N) is 1. The van der Waals surface area contributed by atoms with Gasteiger partial charge >= 0.3 is 0 Å². The lowest BCUT2D eigenvalue weighted by molar-refractivity contribution is 0.185. The molecular formula is C16H18ClFN4O2. The summed E-state index contributed by atoms with van der Waals surface area (Å²) >= 11 is 5.74. The fourth-order valence-corrected chi connectivity index (χ4v) is 2.94. The van der Waals surface area contributed by atoms with E-state index in [1.54, 1.807) is 0 Å². The Morgan fingerprint density at radius 3 is 2.71 bits per heavy atom. The van der Waals surface area contributed by atoms with Gasteiger partial charge in [-0.15, -0.1) is 0 Å². The van der Waals surface area contributed by atoms with Crippen molar-refractivity contribution in [1.82, 2.24) is 9.97 Å². The average molecular weight is 353 g/mol. The normalized spacial score (nSPS) is 15.3. The van der Waals surface area contributed by atoms with Crippen LogP contribution in [0.15, 0.2) is 24.4 Å². The van der Waals surface area contributed by atoms with Crippen molar-refractivity contribution in [2.24, 2.45) is 0 Å². The lowest BCUT2D eigenvalue weighted by atomic mass is 9.95. The molecule has 0 radical (unpaired) electrons. The van der Waals surface area contributed by atoms with Gasteiger partial charge in [-0.25, -0.2) is 14.4 Å². The van der Waals surface area contributed by atoms with Crippen molar-refractivity contribution >= 4 is 23.4 Å². The van der Waals surface area contributed by atoms with Crippen molar-refractivity contribution in [3.63, 3.8) is 0 Å². The first kappa shape index (κ1) is 16.7. The van der Waals surface area contributed by atoms with Crippen molar-refractivity contribution in [2.45, 2.75) is 38.1 Å². The molecule has 1 saturated carbocycles. The van der Waals surface area contributed by atoms with Gasteiger partial charge in [0.2, 0.25) is 11.8 Å². The fraction of sp³-hybridized carbons (Fsp3) is 0.375. The molecule has 8 heteroatoms. The molecule has 0 saturated heterocycles. The highest BCUT2D eigenvalue weighted by Gasteiger charge is 2.25. The van der Waals surface area contributed by atoms with Gasteiger partial charge in [0.1, 0.15) is 0 Å². The number of hydrogen-bond acceptors (Lipinski definition) is 6. The van der Waals surface area contributed by atoms with Crippen LogP contribution in [-0.4, -0.2) is 21.2 Å². The van der Waals surface area contributed by atoms with Crippen molar-refractivity contribution in [3.05, 3.63) is 35.2 Å². The van der Waals surface area contributed by atoms with Crippen LogP contribution in [-0.2, 0) is 0 Å². The number of aromatic nitrogens is 2. The Morgan fingerprint density at radius 1 is 1.25 bits per heavy atom. The van der Waals surface area contributed by atoms with Crippen LogP contribution in [0.1, 0.15) is 32.1 Å². The smallest absolute Gasteiger partial charge is 0.222 e. The molecule has 1 aromatic heterocycles. The minimum atomic E-state index is -0.618. The van der Waals surface area contributed by atoms with Gasteiger partial charge in [0.15, 0.2) is 17.3 Å². The van der Waals surface area contributed by atoms with Crippen molar-refractivity contribution in [3.8, 4) is 11.5 Å². The molecule has 0 unspecified atom stereocenters. The van der Waals surface area contributed by atoms with E-state index in [2.05, 4.69) is 9.97 Å². The van der Waals surface area contributed by atoms with E-state index in [9.17, 15) is 9.60 Å². The topological polar surface area (TPSA) is 84.5 Å². The van der Waals surface area contributed by atoms with Crippen LogP contribution in [0.4, 0.5) is 16.2 Å². The summed E-state index contributed by atoms with van der Waals surface area (Å²) in [6, 6.07) is 3.98. The van der Waals surface area contributed by atoms with Gasteiger partial charge in [0, 0.05) is 5.02 Å². The molecule has 24 heavy (non-hydrogen) atoms. The van der Waals surface area contributed by atoms with E-state index >= 15 is 0 Å². The van der Waals surface area contributed by atoms with E-state index in [-0.39, 0.29) is 34.3 Å². The number of nitrogen functional groups attached to an aromatic ring is 1. The molecule has 0 aliphatic heterocycles. The monoisotopic (exact) mass is 352 g/mol. The molecule has 128 valence electrons. The molecule has 1 aliphatic rings. The van der Waals surface area contributed by atoms with Crippen LogP contribution in [0.2, 0.25) is 5.02 Å². The first-order valence-corrected chi connectivity index (χ1v) is 8.16. The number of hydroxylamine groups is 1. The highest BCUT2D eigenvalue weighted by atomic mass is 35.5. The van der Waals surface area contributed by atoms with Crippen LogP contribution < -0.4 is 15.5 Å². The van der Waals surface area contributed by atoms with Gasteiger partial charge in [-0.1, -0.05) is 30.9 Å². The Bertz CT molecular complexity index is 725. The largest absolute Gasteiger partial charge is 0.449 e. The Morgan fingerprint density at radius 2 is 2.00 bits per heavy atom.